The molecule has 0 atom stereocenters. The number of hydrogen-bond acceptors (Lipinski definition) is 4. The molecule has 0 radical (unpaired) electrons. The molecule has 6 heteroatoms. The van der Waals surface area contributed by atoms with E-state index >= 15 is 0 Å². The minimum atomic E-state index is -3.41. The van der Waals surface area contributed by atoms with E-state index < -0.39 is 10.0 Å². The van der Waals surface area contributed by atoms with Crippen molar-refractivity contribution in [2.24, 2.45) is 0 Å². The molecule has 0 bridgehead atoms. The Morgan fingerprint density at radius 1 is 1.19 bits per heavy atom. The highest BCUT2D eigenvalue weighted by atomic mass is 32.2. The van der Waals surface area contributed by atoms with Gasteiger partial charge in [0.15, 0.2) is 0 Å². The van der Waals surface area contributed by atoms with Crippen LogP contribution in [0.3, 0.4) is 0 Å². The number of carbonyl (C=O) groups excluding carboxylic acids is 1. The summed E-state index contributed by atoms with van der Waals surface area (Å²) in [4.78, 5) is 10.9. The van der Waals surface area contributed by atoms with Crippen molar-refractivity contribution in [2.75, 3.05) is 13.7 Å². The van der Waals surface area contributed by atoms with Crippen molar-refractivity contribution in [1.82, 2.24) is 4.72 Å². The van der Waals surface area contributed by atoms with Gasteiger partial charge in [0.05, 0.1) is 7.11 Å². The van der Waals surface area contributed by atoms with Gasteiger partial charge in [-0.05, 0) is 24.5 Å². The average Bonchev–Trinajstić information content (AvgIpc) is 2.49. The molecule has 1 aromatic carbocycles. The molecule has 0 amide bonds. The fourth-order valence-electron chi connectivity index (χ4n) is 1.67. The first-order valence-corrected chi connectivity index (χ1v) is 8.38. The number of esters is 1. The molecule has 1 aromatic rings. The maximum atomic E-state index is 11.7. The number of hydrogen-bond donors (Lipinski definition) is 1. The Balaban J connectivity index is 2.24. The zero-order valence-electron chi connectivity index (χ0n) is 12.1. The van der Waals surface area contributed by atoms with E-state index in [1.165, 1.54) is 7.11 Å². The molecular formula is C15H21NO4S. The van der Waals surface area contributed by atoms with Crippen LogP contribution in [0.25, 0.3) is 6.08 Å². The van der Waals surface area contributed by atoms with Gasteiger partial charge >= 0.3 is 5.97 Å². The Bertz CT molecular complexity index is 552. The summed E-state index contributed by atoms with van der Waals surface area (Å²) in [6.45, 7) is 0.364. The largest absolute Gasteiger partial charge is 0.469 e. The molecule has 0 heterocycles. The lowest BCUT2D eigenvalue weighted by Gasteiger charge is -2.03. The van der Waals surface area contributed by atoms with E-state index in [1.807, 2.05) is 30.3 Å². The van der Waals surface area contributed by atoms with Crippen LogP contribution in [-0.4, -0.2) is 28.0 Å². The first-order chi connectivity index (χ1) is 10.0. The van der Waals surface area contributed by atoms with Crippen LogP contribution in [0.1, 0.15) is 31.2 Å². The summed E-state index contributed by atoms with van der Waals surface area (Å²) in [6, 6.07) is 9.23. The highest BCUT2D eigenvalue weighted by Crippen LogP contribution is 2.04. The molecule has 1 N–H and O–H groups in total. The number of rotatable bonds is 9. The molecule has 0 aromatic heterocycles. The molecule has 116 valence electrons. The number of nitrogens with one attached hydrogen (secondary N) is 1. The van der Waals surface area contributed by atoms with Crippen molar-refractivity contribution in [3.05, 3.63) is 41.3 Å². The lowest BCUT2D eigenvalue weighted by molar-refractivity contribution is -0.140. The van der Waals surface area contributed by atoms with E-state index in [2.05, 4.69) is 9.46 Å². The van der Waals surface area contributed by atoms with Crippen molar-refractivity contribution >= 4 is 22.1 Å². The van der Waals surface area contributed by atoms with E-state index in [4.69, 9.17) is 0 Å². The van der Waals surface area contributed by atoms with Crippen molar-refractivity contribution in [2.45, 2.75) is 25.7 Å². The summed E-state index contributed by atoms with van der Waals surface area (Å²) in [7, 11) is -2.05. The van der Waals surface area contributed by atoms with Gasteiger partial charge in [0.1, 0.15) is 0 Å². The van der Waals surface area contributed by atoms with Gasteiger partial charge in [0.2, 0.25) is 10.0 Å². The number of sulfonamides is 1. The van der Waals surface area contributed by atoms with Crippen LogP contribution in [0.2, 0.25) is 0 Å². The molecule has 21 heavy (non-hydrogen) atoms. The maximum absolute atomic E-state index is 11.7. The lowest BCUT2D eigenvalue weighted by atomic mass is 10.2. The molecule has 1 rings (SSSR count). The normalized spacial score (nSPS) is 11.7. The zero-order chi connectivity index (χ0) is 15.6. The third-order valence-corrected chi connectivity index (χ3v) is 3.93. The van der Waals surface area contributed by atoms with Crippen LogP contribution < -0.4 is 4.72 Å². The monoisotopic (exact) mass is 311 g/mol. The van der Waals surface area contributed by atoms with E-state index in [1.54, 1.807) is 6.08 Å². The van der Waals surface area contributed by atoms with Crippen LogP contribution in [0.15, 0.2) is 35.7 Å². The molecule has 0 unspecified atom stereocenters. The SMILES string of the molecule is COC(=O)CCCCCNS(=O)(=O)C=Cc1ccccc1. The van der Waals surface area contributed by atoms with Gasteiger partial charge < -0.3 is 4.74 Å². The maximum Gasteiger partial charge on any atom is 0.305 e. The summed E-state index contributed by atoms with van der Waals surface area (Å²) in [5.41, 5.74) is 0.834. The Hall–Kier alpha value is -1.66. The smallest absolute Gasteiger partial charge is 0.305 e. The van der Waals surface area contributed by atoms with Crippen LogP contribution in [0.5, 0.6) is 0 Å². The van der Waals surface area contributed by atoms with Gasteiger partial charge in [0.25, 0.3) is 0 Å². The predicted molar refractivity (Wildman–Crippen MR) is 82.9 cm³/mol. The quantitative estimate of drug-likeness (QED) is 0.561. The number of methoxy groups -OCH3 is 1. The van der Waals surface area contributed by atoms with Crippen molar-refractivity contribution in [3.8, 4) is 0 Å². The molecule has 0 saturated carbocycles. The third kappa shape index (κ3) is 8.27. The Morgan fingerprint density at radius 3 is 2.57 bits per heavy atom. The first-order valence-electron chi connectivity index (χ1n) is 6.83. The van der Waals surface area contributed by atoms with Crippen molar-refractivity contribution in [1.29, 1.82) is 0 Å². The molecule has 0 saturated heterocycles. The fraction of sp³-hybridized carbons (Fsp3) is 0.400. The second-order valence-corrected chi connectivity index (χ2v) is 6.19. The molecule has 0 fully saturated rings. The Kier molecular flexibility index (Phi) is 7.71. The fourth-order valence-corrected chi connectivity index (χ4v) is 2.53. The summed E-state index contributed by atoms with van der Waals surface area (Å²) in [5.74, 6) is -0.235. The molecule has 0 aliphatic heterocycles. The van der Waals surface area contributed by atoms with Crippen molar-refractivity contribution in [3.63, 3.8) is 0 Å². The lowest BCUT2D eigenvalue weighted by Crippen LogP contribution is -2.22. The topological polar surface area (TPSA) is 72.5 Å². The summed E-state index contributed by atoms with van der Waals surface area (Å²) in [6.07, 6.45) is 4.10. The number of benzene rings is 1. The number of unbranched alkanes of at least 4 members (excludes halogenated alkanes) is 2. The van der Waals surface area contributed by atoms with Crippen LogP contribution in [0, 0.1) is 0 Å². The van der Waals surface area contributed by atoms with Crippen LogP contribution in [0.4, 0.5) is 0 Å². The van der Waals surface area contributed by atoms with Gasteiger partial charge in [0, 0.05) is 18.4 Å². The average molecular weight is 311 g/mol. The number of carbonyl (C=O) groups is 1. The standard InChI is InChI=1S/C15H21NO4S/c1-20-15(17)10-6-3-7-12-16-21(18,19)13-11-14-8-4-2-5-9-14/h2,4-5,8-9,11,13,16H,3,6-7,10,12H2,1H3. The zero-order valence-corrected chi connectivity index (χ0v) is 12.9. The molecule has 5 nitrogen and oxygen atoms in total. The Labute approximate surface area is 126 Å². The van der Waals surface area contributed by atoms with Gasteiger partial charge in [-0.15, -0.1) is 0 Å². The molecule has 0 aliphatic rings. The second kappa shape index (κ2) is 9.31. The van der Waals surface area contributed by atoms with E-state index in [0.717, 1.165) is 17.4 Å². The second-order valence-electron chi connectivity index (χ2n) is 4.54. The number of ether oxygens (including phenoxy) is 1. The predicted octanol–water partition coefficient (Wildman–Crippen LogP) is 2.31. The minimum Gasteiger partial charge on any atom is -0.469 e. The van der Waals surface area contributed by atoms with Crippen LogP contribution >= 0.6 is 0 Å². The summed E-state index contributed by atoms with van der Waals surface area (Å²) in [5, 5.41) is 1.16. The van der Waals surface area contributed by atoms with Crippen LogP contribution in [-0.2, 0) is 19.6 Å². The summed E-state index contributed by atoms with van der Waals surface area (Å²) < 4.78 is 30.5. The van der Waals surface area contributed by atoms with E-state index in [9.17, 15) is 13.2 Å². The molecule has 0 aliphatic carbocycles. The Morgan fingerprint density at radius 2 is 1.90 bits per heavy atom. The van der Waals surface area contributed by atoms with Gasteiger partial charge in [-0.2, -0.15) is 0 Å². The van der Waals surface area contributed by atoms with Crippen molar-refractivity contribution < 1.29 is 17.9 Å². The van der Waals surface area contributed by atoms with E-state index in [-0.39, 0.29) is 5.97 Å². The highest BCUT2D eigenvalue weighted by molar-refractivity contribution is 7.92. The van der Waals surface area contributed by atoms with Gasteiger partial charge in [-0.3, -0.25) is 4.79 Å². The molecule has 0 spiro atoms. The first kappa shape index (κ1) is 17.4. The molecular weight excluding hydrogens is 290 g/mol. The minimum absolute atomic E-state index is 0.235. The van der Waals surface area contributed by atoms with E-state index in [0.29, 0.717) is 25.8 Å². The van der Waals surface area contributed by atoms with Gasteiger partial charge in [-0.25, -0.2) is 13.1 Å². The highest BCUT2D eigenvalue weighted by Gasteiger charge is 2.04. The van der Waals surface area contributed by atoms with Gasteiger partial charge in [-0.1, -0.05) is 36.8 Å². The third-order valence-electron chi connectivity index (χ3n) is 2.83. The summed E-state index contributed by atoms with van der Waals surface area (Å²) >= 11 is 0.